The Bertz CT molecular complexity index is 1170. The summed E-state index contributed by atoms with van der Waals surface area (Å²) >= 11 is 0. The number of nitrogens with zero attached hydrogens (tertiary/aromatic N) is 4. The van der Waals surface area contributed by atoms with E-state index in [2.05, 4.69) is 20.2 Å². The van der Waals surface area contributed by atoms with Crippen molar-refractivity contribution in [2.24, 2.45) is 0 Å². The van der Waals surface area contributed by atoms with Gasteiger partial charge in [-0.2, -0.15) is 5.10 Å². The van der Waals surface area contributed by atoms with Gasteiger partial charge in [0.1, 0.15) is 22.7 Å². The van der Waals surface area contributed by atoms with Crippen molar-refractivity contribution in [1.82, 2.24) is 30.0 Å². The topological polar surface area (TPSA) is 137 Å². The third-order valence-corrected chi connectivity index (χ3v) is 5.44. The Morgan fingerprint density at radius 1 is 1.21 bits per heavy atom. The highest BCUT2D eigenvalue weighted by molar-refractivity contribution is 6.07. The second-order valence-electron chi connectivity index (χ2n) is 7.09. The minimum atomic E-state index is -0.865. The lowest BCUT2D eigenvalue weighted by Crippen LogP contribution is -2.37. The zero-order valence-electron chi connectivity index (χ0n) is 15.0. The molecule has 0 aliphatic carbocycles. The Balaban J connectivity index is 1.55. The van der Waals surface area contributed by atoms with Crippen molar-refractivity contribution in [3.05, 3.63) is 36.3 Å². The van der Waals surface area contributed by atoms with Crippen LogP contribution in [0.3, 0.4) is 0 Å². The predicted molar refractivity (Wildman–Crippen MR) is 105 cm³/mol. The number of aromatic nitrogens is 5. The van der Waals surface area contributed by atoms with Gasteiger partial charge in [0.25, 0.3) is 0 Å². The number of imidazole rings is 1. The van der Waals surface area contributed by atoms with Crippen LogP contribution in [-0.2, 0) is 0 Å². The van der Waals surface area contributed by atoms with Gasteiger partial charge in [0.15, 0.2) is 0 Å². The molecule has 9 nitrogen and oxygen atoms in total. The minimum absolute atomic E-state index is 0.182. The van der Waals surface area contributed by atoms with Crippen molar-refractivity contribution in [2.75, 3.05) is 18.8 Å². The first kappa shape index (κ1) is 16.5. The van der Waals surface area contributed by atoms with Gasteiger partial charge >= 0.3 is 6.09 Å². The molecule has 1 fully saturated rings. The number of rotatable bonds is 2. The zero-order valence-corrected chi connectivity index (χ0v) is 15.0. The molecule has 4 aromatic rings. The number of fused-ring (bicyclic) bond motifs is 3. The largest absolute Gasteiger partial charge is 0.465 e. The highest BCUT2D eigenvalue weighted by Gasteiger charge is 2.26. The van der Waals surface area contributed by atoms with Gasteiger partial charge in [-0.3, -0.25) is 5.10 Å². The van der Waals surface area contributed by atoms with Crippen LogP contribution < -0.4 is 5.73 Å². The van der Waals surface area contributed by atoms with E-state index in [0.717, 1.165) is 51.9 Å². The van der Waals surface area contributed by atoms with Gasteiger partial charge in [0, 0.05) is 36.2 Å². The number of aromatic amines is 2. The molecular formula is C19H19N7O2. The predicted octanol–water partition coefficient (Wildman–Crippen LogP) is 2.94. The molecule has 1 saturated heterocycles. The number of pyridine rings is 1. The van der Waals surface area contributed by atoms with Crippen LogP contribution in [0.1, 0.15) is 24.6 Å². The fraction of sp³-hybridized carbons (Fsp3) is 0.263. The Labute approximate surface area is 159 Å². The lowest BCUT2D eigenvalue weighted by molar-refractivity contribution is 0.131. The van der Waals surface area contributed by atoms with Gasteiger partial charge in [-0.25, -0.2) is 14.8 Å². The number of hydrogen-bond acceptors (Lipinski definition) is 5. The van der Waals surface area contributed by atoms with E-state index in [4.69, 9.17) is 15.8 Å². The maximum Gasteiger partial charge on any atom is 0.407 e. The van der Waals surface area contributed by atoms with E-state index in [9.17, 15) is 4.79 Å². The third-order valence-electron chi connectivity index (χ3n) is 5.44. The first-order valence-electron chi connectivity index (χ1n) is 9.16. The van der Waals surface area contributed by atoms with Gasteiger partial charge in [-0.1, -0.05) is 6.07 Å². The van der Waals surface area contributed by atoms with E-state index in [1.807, 2.05) is 24.3 Å². The number of nitrogen functional groups attached to an aromatic ring is 1. The van der Waals surface area contributed by atoms with E-state index < -0.39 is 6.09 Å². The quantitative estimate of drug-likeness (QED) is 0.424. The summed E-state index contributed by atoms with van der Waals surface area (Å²) in [4.78, 5) is 25.3. The Hall–Kier alpha value is -3.62. The van der Waals surface area contributed by atoms with Crippen LogP contribution in [0.2, 0.25) is 0 Å². The number of nitrogens with one attached hydrogen (secondary N) is 2. The summed E-state index contributed by atoms with van der Waals surface area (Å²) in [6.07, 6.45) is 2.32. The van der Waals surface area contributed by atoms with E-state index in [1.165, 1.54) is 4.90 Å². The molecular weight excluding hydrogens is 358 g/mol. The smallest absolute Gasteiger partial charge is 0.407 e. The van der Waals surface area contributed by atoms with Gasteiger partial charge in [-0.05, 0) is 31.0 Å². The molecule has 1 aliphatic rings. The van der Waals surface area contributed by atoms with Crippen molar-refractivity contribution >= 4 is 33.8 Å². The molecule has 1 aromatic carbocycles. The van der Waals surface area contributed by atoms with Crippen LogP contribution in [0.15, 0.2) is 30.5 Å². The number of amides is 1. The monoisotopic (exact) mass is 377 g/mol. The van der Waals surface area contributed by atoms with Gasteiger partial charge in [0.2, 0.25) is 0 Å². The SMILES string of the molecule is Nc1nc2cc(-c3ccn[nH]3)ccc2c2nc(C3CCN(C(=O)O)CC3)[nH]c12. The molecule has 0 radical (unpaired) electrons. The van der Waals surface area contributed by atoms with Crippen LogP contribution >= 0.6 is 0 Å². The zero-order chi connectivity index (χ0) is 19.3. The van der Waals surface area contributed by atoms with E-state index in [0.29, 0.717) is 18.9 Å². The summed E-state index contributed by atoms with van der Waals surface area (Å²) in [5, 5.41) is 17.0. The molecule has 5 rings (SSSR count). The van der Waals surface area contributed by atoms with Gasteiger partial charge < -0.3 is 20.7 Å². The number of likely N-dealkylation sites (tertiary alicyclic amines) is 1. The molecule has 0 bridgehead atoms. The summed E-state index contributed by atoms with van der Waals surface area (Å²) in [6, 6.07) is 7.88. The fourth-order valence-electron chi connectivity index (χ4n) is 3.90. The second kappa shape index (κ2) is 6.22. The number of benzene rings is 1. The van der Waals surface area contributed by atoms with E-state index in [1.54, 1.807) is 6.20 Å². The maximum atomic E-state index is 11.1. The van der Waals surface area contributed by atoms with Crippen LogP contribution in [0.25, 0.3) is 33.2 Å². The normalized spacial score (nSPS) is 15.5. The lowest BCUT2D eigenvalue weighted by Gasteiger charge is -2.28. The Morgan fingerprint density at radius 3 is 2.75 bits per heavy atom. The van der Waals surface area contributed by atoms with Crippen LogP contribution in [0, 0.1) is 0 Å². The number of nitrogens with two attached hydrogens (primary N) is 1. The molecule has 0 spiro atoms. The second-order valence-corrected chi connectivity index (χ2v) is 7.09. The number of hydrogen-bond donors (Lipinski definition) is 4. The molecule has 142 valence electrons. The summed E-state index contributed by atoms with van der Waals surface area (Å²) in [7, 11) is 0. The number of carbonyl (C=O) groups is 1. The van der Waals surface area contributed by atoms with Crippen molar-refractivity contribution < 1.29 is 9.90 Å². The summed E-state index contributed by atoms with van der Waals surface area (Å²) in [5.74, 6) is 1.44. The molecule has 28 heavy (non-hydrogen) atoms. The summed E-state index contributed by atoms with van der Waals surface area (Å²) < 4.78 is 0. The Kier molecular flexibility index (Phi) is 3.68. The average Bonchev–Trinajstić information content (AvgIpc) is 3.38. The van der Waals surface area contributed by atoms with Crippen molar-refractivity contribution in [1.29, 1.82) is 0 Å². The molecule has 5 N–H and O–H groups in total. The summed E-state index contributed by atoms with van der Waals surface area (Å²) in [6.45, 7) is 1.03. The highest BCUT2D eigenvalue weighted by atomic mass is 16.4. The average molecular weight is 377 g/mol. The molecule has 0 unspecified atom stereocenters. The van der Waals surface area contributed by atoms with Crippen molar-refractivity contribution in [3.8, 4) is 11.3 Å². The molecule has 4 heterocycles. The van der Waals surface area contributed by atoms with Gasteiger partial charge in [-0.15, -0.1) is 0 Å². The molecule has 0 saturated carbocycles. The molecule has 1 aliphatic heterocycles. The third kappa shape index (κ3) is 2.63. The van der Waals surface area contributed by atoms with Crippen LogP contribution in [0.4, 0.5) is 10.6 Å². The standard InChI is InChI=1S/C19H19N7O2/c20-17-16-15(23-18(24-16)10-4-7-26(8-5-10)19(27)28)12-2-1-11(9-14(12)22-17)13-3-6-21-25-13/h1-3,6,9-10H,4-5,7-8H2,(H2,20,22)(H,21,25)(H,23,24)(H,27,28). The first-order valence-corrected chi connectivity index (χ1v) is 9.16. The minimum Gasteiger partial charge on any atom is -0.465 e. The molecule has 3 aromatic heterocycles. The van der Waals surface area contributed by atoms with Crippen LogP contribution in [-0.4, -0.2) is 54.3 Å². The fourth-order valence-corrected chi connectivity index (χ4v) is 3.90. The molecule has 0 atom stereocenters. The molecule has 1 amide bonds. The lowest BCUT2D eigenvalue weighted by atomic mass is 9.96. The van der Waals surface area contributed by atoms with E-state index in [-0.39, 0.29) is 5.92 Å². The first-order chi connectivity index (χ1) is 13.6. The number of H-pyrrole nitrogens is 2. The van der Waals surface area contributed by atoms with Crippen LogP contribution in [0.5, 0.6) is 0 Å². The van der Waals surface area contributed by atoms with Crippen molar-refractivity contribution in [3.63, 3.8) is 0 Å². The number of piperidine rings is 1. The van der Waals surface area contributed by atoms with Crippen molar-refractivity contribution in [2.45, 2.75) is 18.8 Å². The molecule has 9 heteroatoms. The number of carboxylic acid groups (broad SMARTS) is 1. The summed E-state index contributed by atoms with van der Waals surface area (Å²) in [5.41, 5.74) is 10.4. The maximum absolute atomic E-state index is 11.1. The Morgan fingerprint density at radius 2 is 2.04 bits per heavy atom. The highest BCUT2D eigenvalue weighted by Crippen LogP contribution is 2.33. The van der Waals surface area contributed by atoms with Gasteiger partial charge in [0.05, 0.1) is 11.2 Å². The van der Waals surface area contributed by atoms with E-state index >= 15 is 0 Å². The number of anilines is 1.